The number of ether oxygens (including phenoxy) is 2. The molecule has 8 nitrogen and oxygen atoms in total. The highest BCUT2D eigenvalue weighted by Gasteiger charge is 2.25. The molecule has 2 aromatic heterocycles. The minimum atomic E-state index is -4.03. The topological polar surface area (TPSA) is 111 Å². The Hall–Kier alpha value is -1.95. The molecule has 0 aliphatic rings. The fourth-order valence-corrected chi connectivity index (χ4v) is 4.54. The molecular weight excluding hydrogens is 364 g/mol. The van der Waals surface area contributed by atoms with E-state index in [1.165, 1.54) is 24.6 Å². The largest absolute Gasteiger partial charge is 0.465 e. The van der Waals surface area contributed by atoms with Crippen molar-refractivity contribution in [3.05, 3.63) is 32.6 Å². The number of hydrogen-bond donors (Lipinski definition) is 2. The van der Waals surface area contributed by atoms with E-state index in [1.54, 1.807) is 5.38 Å². The summed E-state index contributed by atoms with van der Waals surface area (Å²) in [6.45, 7) is 0. The summed E-state index contributed by atoms with van der Waals surface area (Å²) >= 11 is 2.05. The number of nitrogens with one attached hydrogen (secondary N) is 2. The molecule has 23 heavy (non-hydrogen) atoms. The molecule has 0 bridgehead atoms. The average Bonchev–Trinajstić information content (AvgIpc) is 3.20. The second-order valence-corrected chi connectivity index (χ2v) is 7.47. The third-order valence-corrected chi connectivity index (χ3v) is 5.85. The molecule has 124 valence electrons. The van der Waals surface area contributed by atoms with Crippen LogP contribution >= 0.6 is 22.7 Å². The van der Waals surface area contributed by atoms with Crippen LogP contribution < -0.4 is 10.3 Å². The Labute approximate surface area is 140 Å². The Morgan fingerprint density at radius 1 is 1.00 bits per heavy atom. The lowest BCUT2D eigenvalue weighted by Gasteiger charge is -2.09. The summed E-state index contributed by atoms with van der Waals surface area (Å²) < 4.78 is 33.7. The molecule has 0 atom stereocenters. The lowest BCUT2D eigenvalue weighted by molar-refractivity contribution is 0.0595. The number of carbonyl (C=O) groups excluding carboxylic acids is 2. The van der Waals surface area contributed by atoms with Gasteiger partial charge in [-0.1, -0.05) is 0 Å². The second-order valence-electron chi connectivity index (χ2n) is 3.99. The van der Waals surface area contributed by atoms with Gasteiger partial charge in [0.2, 0.25) is 0 Å². The van der Waals surface area contributed by atoms with Crippen LogP contribution in [0.2, 0.25) is 0 Å². The van der Waals surface area contributed by atoms with Crippen LogP contribution in [0.5, 0.6) is 0 Å². The molecule has 2 rings (SSSR count). The van der Waals surface area contributed by atoms with Gasteiger partial charge >= 0.3 is 11.9 Å². The minimum Gasteiger partial charge on any atom is -0.465 e. The number of carbonyl (C=O) groups is 2. The molecule has 2 N–H and O–H groups in total. The van der Waals surface area contributed by atoms with Gasteiger partial charge in [-0.2, -0.15) is 0 Å². The van der Waals surface area contributed by atoms with Gasteiger partial charge in [0.1, 0.15) is 14.6 Å². The maximum absolute atomic E-state index is 12.3. The standard InChI is InChI=1S/C12H12N2O6S3/c1-19-11(15)9-7(3-5-21-9)13-14-23(17,18)8-4-6-22-10(8)12(16)20-2/h3-6,13-14H,1-2H3. The summed E-state index contributed by atoms with van der Waals surface area (Å²) in [5, 5.41) is 3.07. The number of esters is 2. The summed E-state index contributed by atoms with van der Waals surface area (Å²) in [7, 11) is -1.64. The first-order chi connectivity index (χ1) is 10.9. The first kappa shape index (κ1) is 17.4. The van der Waals surface area contributed by atoms with Gasteiger partial charge in [-0.3, -0.25) is 0 Å². The lowest BCUT2D eigenvalue weighted by atomic mass is 10.4. The van der Waals surface area contributed by atoms with Gasteiger partial charge in [0.25, 0.3) is 10.0 Å². The van der Waals surface area contributed by atoms with E-state index in [1.807, 2.05) is 0 Å². The number of methoxy groups -OCH3 is 2. The van der Waals surface area contributed by atoms with E-state index >= 15 is 0 Å². The molecule has 0 fully saturated rings. The van der Waals surface area contributed by atoms with Gasteiger partial charge in [-0.25, -0.2) is 18.0 Å². The Balaban J connectivity index is 2.21. The monoisotopic (exact) mass is 376 g/mol. The molecule has 0 aromatic carbocycles. The fourth-order valence-electron chi connectivity index (χ4n) is 1.59. The molecule has 2 heterocycles. The van der Waals surface area contributed by atoms with Crippen molar-refractivity contribution in [3.8, 4) is 0 Å². The maximum atomic E-state index is 12.3. The van der Waals surface area contributed by atoms with E-state index in [-0.39, 0.29) is 20.3 Å². The number of hydrogen-bond acceptors (Lipinski definition) is 9. The van der Waals surface area contributed by atoms with Crippen LogP contribution in [-0.4, -0.2) is 34.6 Å². The number of hydrazine groups is 1. The lowest BCUT2D eigenvalue weighted by Crippen LogP contribution is -2.30. The number of rotatable bonds is 6. The Morgan fingerprint density at radius 3 is 2.22 bits per heavy atom. The quantitative estimate of drug-likeness (QED) is 0.583. The molecule has 0 saturated heterocycles. The van der Waals surface area contributed by atoms with E-state index in [2.05, 4.69) is 19.7 Å². The summed E-state index contributed by atoms with van der Waals surface area (Å²) in [5.74, 6) is -1.33. The first-order valence-electron chi connectivity index (χ1n) is 6.00. The van der Waals surface area contributed by atoms with Crippen molar-refractivity contribution in [2.24, 2.45) is 0 Å². The highest BCUT2D eigenvalue weighted by atomic mass is 32.2. The van der Waals surface area contributed by atoms with E-state index in [0.717, 1.165) is 29.8 Å². The third-order valence-electron chi connectivity index (χ3n) is 2.65. The Morgan fingerprint density at radius 2 is 1.57 bits per heavy atom. The van der Waals surface area contributed by atoms with Crippen LogP contribution in [0, 0.1) is 0 Å². The SMILES string of the molecule is COC(=O)c1sccc1NNS(=O)(=O)c1ccsc1C(=O)OC. The highest BCUT2D eigenvalue weighted by molar-refractivity contribution is 7.89. The van der Waals surface area contributed by atoms with Gasteiger partial charge in [-0.05, 0) is 22.9 Å². The van der Waals surface area contributed by atoms with Crippen LogP contribution in [0.15, 0.2) is 27.8 Å². The molecule has 0 unspecified atom stereocenters. The van der Waals surface area contributed by atoms with E-state index < -0.39 is 22.0 Å². The maximum Gasteiger partial charge on any atom is 0.350 e. The van der Waals surface area contributed by atoms with Crippen LogP contribution in [0.25, 0.3) is 0 Å². The van der Waals surface area contributed by atoms with Gasteiger partial charge < -0.3 is 14.9 Å². The summed E-state index contributed by atoms with van der Waals surface area (Å²) in [6, 6.07) is 2.81. The molecule has 0 radical (unpaired) electrons. The molecule has 0 spiro atoms. The van der Waals surface area contributed by atoms with E-state index in [4.69, 9.17) is 0 Å². The van der Waals surface area contributed by atoms with Crippen molar-refractivity contribution in [1.29, 1.82) is 0 Å². The number of thiophene rings is 2. The average molecular weight is 376 g/mol. The first-order valence-corrected chi connectivity index (χ1v) is 9.24. The van der Waals surface area contributed by atoms with Crippen molar-refractivity contribution in [2.75, 3.05) is 19.6 Å². The third kappa shape index (κ3) is 3.69. The minimum absolute atomic E-state index is 0.0414. The predicted octanol–water partition coefficient (Wildman–Crippen LogP) is 1.69. The summed E-state index contributed by atoms with van der Waals surface area (Å²) in [5.41, 5.74) is 2.70. The van der Waals surface area contributed by atoms with Crippen LogP contribution in [0.1, 0.15) is 19.3 Å². The van der Waals surface area contributed by atoms with Crippen molar-refractivity contribution in [3.63, 3.8) is 0 Å². The molecule has 11 heteroatoms. The van der Waals surface area contributed by atoms with Gasteiger partial charge in [-0.15, -0.1) is 27.5 Å². The van der Waals surface area contributed by atoms with Crippen molar-refractivity contribution in [2.45, 2.75) is 4.90 Å². The van der Waals surface area contributed by atoms with Crippen LogP contribution in [0.3, 0.4) is 0 Å². The zero-order chi connectivity index (χ0) is 17.0. The summed E-state index contributed by atoms with van der Waals surface area (Å²) in [4.78, 5) is 25.2. The molecule has 0 amide bonds. The summed E-state index contributed by atoms with van der Waals surface area (Å²) in [6.07, 6.45) is 0. The van der Waals surface area contributed by atoms with Crippen LogP contribution in [-0.2, 0) is 19.5 Å². The zero-order valence-corrected chi connectivity index (χ0v) is 14.4. The number of sulfonamides is 1. The molecule has 0 saturated carbocycles. The zero-order valence-electron chi connectivity index (χ0n) is 12.0. The molecule has 2 aromatic rings. The molecule has 0 aliphatic heterocycles. The molecule has 0 aliphatic carbocycles. The van der Waals surface area contributed by atoms with Gasteiger partial charge in [0, 0.05) is 0 Å². The molecular formula is C12H12N2O6S3. The van der Waals surface area contributed by atoms with Crippen LogP contribution in [0.4, 0.5) is 5.69 Å². The Bertz CT molecular complexity index is 823. The van der Waals surface area contributed by atoms with Crippen molar-refractivity contribution < 1.29 is 27.5 Å². The second kappa shape index (κ2) is 7.08. The Kier molecular flexibility index (Phi) is 5.36. The van der Waals surface area contributed by atoms with Crippen molar-refractivity contribution in [1.82, 2.24) is 4.83 Å². The van der Waals surface area contributed by atoms with Crippen molar-refractivity contribution >= 4 is 50.3 Å². The van der Waals surface area contributed by atoms with Gasteiger partial charge in [0.15, 0.2) is 0 Å². The number of anilines is 1. The predicted molar refractivity (Wildman–Crippen MR) is 85.3 cm³/mol. The van der Waals surface area contributed by atoms with E-state index in [0.29, 0.717) is 0 Å². The van der Waals surface area contributed by atoms with Gasteiger partial charge in [0.05, 0.1) is 19.9 Å². The smallest absolute Gasteiger partial charge is 0.350 e. The highest BCUT2D eigenvalue weighted by Crippen LogP contribution is 2.25. The normalized spacial score (nSPS) is 11.0. The fraction of sp³-hybridized carbons (Fsp3) is 0.167. The van der Waals surface area contributed by atoms with E-state index in [9.17, 15) is 18.0 Å².